The molecule has 86 valence electrons. The second kappa shape index (κ2) is 5.58. The molecule has 3 nitrogen and oxygen atoms in total. The van der Waals surface area contributed by atoms with Gasteiger partial charge in [-0.25, -0.2) is 4.98 Å². The molecule has 0 radical (unpaired) electrons. The summed E-state index contributed by atoms with van der Waals surface area (Å²) in [5, 5.41) is 6.45. The van der Waals surface area contributed by atoms with Gasteiger partial charge in [0, 0.05) is 11.9 Å². The van der Waals surface area contributed by atoms with Crippen molar-refractivity contribution in [3.8, 4) is 0 Å². The van der Waals surface area contributed by atoms with Crippen molar-refractivity contribution < 1.29 is 4.74 Å². The lowest BCUT2D eigenvalue weighted by atomic mass is 10.2. The molecule has 0 saturated heterocycles. The van der Waals surface area contributed by atoms with E-state index < -0.39 is 0 Å². The molecule has 15 heavy (non-hydrogen) atoms. The van der Waals surface area contributed by atoms with Gasteiger partial charge in [-0.15, -0.1) is 11.3 Å². The SMILES string of the molecule is CCNCc1nc(COC(C)(C)C)cs1. The summed E-state index contributed by atoms with van der Waals surface area (Å²) in [7, 11) is 0. The minimum absolute atomic E-state index is 0.0918. The Hall–Kier alpha value is -0.450. The molecule has 1 aromatic rings. The van der Waals surface area contributed by atoms with Gasteiger partial charge in [0.1, 0.15) is 5.01 Å². The summed E-state index contributed by atoms with van der Waals surface area (Å²) in [6, 6.07) is 0. The van der Waals surface area contributed by atoms with Crippen LogP contribution >= 0.6 is 11.3 Å². The van der Waals surface area contributed by atoms with Crippen molar-refractivity contribution in [2.24, 2.45) is 0 Å². The van der Waals surface area contributed by atoms with E-state index in [0.717, 1.165) is 23.8 Å². The molecule has 0 aromatic carbocycles. The Balaban J connectivity index is 2.39. The summed E-state index contributed by atoms with van der Waals surface area (Å²) in [5.74, 6) is 0. The molecule has 0 spiro atoms. The van der Waals surface area contributed by atoms with Gasteiger partial charge in [-0.1, -0.05) is 6.92 Å². The number of aromatic nitrogens is 1. The molecule has 1 aromatic heterocycles. The van der Waals surface area contributed by atoms with Crippen LogP contribution in [0.4, 0.5) is 0 Å². The summed E-state index contributed by atoms with van der Waals surface area (Å²) in [5.41, 5.74) is 0.939. The van der Waals surface area contributed by atoms with Crippen molar-refractivity contribution in [2.45, 2.75) is 46.4 Å². The molecule has 0 aliphatic rings. The third kappa shape index (κ3) is 5.25. The number of thiazole rings is 1. The maximum absolute atomic E-state index is 5.66. The first kappa shape index (κ1) is 12.6. The van der Waals surface area contributed by atoms with Crippen LogP contribution < -0.4 is 5.32 Å². The van der Waals surface area contributed by atoms with Crippen LogP contribution in [0.1, 0.15) is 38.4 Å². The minimum atomic E-state index is -0.0918. The molecule has 0 amide bonds. The summed E-state index contributed by atoms with van der Waals surface area (Å²) in [6.45, 7) is 10.7. The van der Waals surface area contributed by atoms with E-state index in [4.69, 9.17) is 4.74 Å². The molecule has 0 saturated carbocycles. The molecular weight excluding hydrogens is 208 g/mol. The Morgan fingerprint density at radius 3 is 2.80 bits per heavy atom. The molecule has 0 aliphatic carbocycles. The van der Waals surface area contributed by atoms with Crippen LogP contribution in [0.3, 0.4) is 0 Å². The fraction of sp³-hybridized carbons (Fsp3) is 0.727. The fourth-order valence-corrected chi connectivity index (χ4v) is 1.77. The fourth-order valence-electron chi connectivity index (χ4n) is 1.02. The maximum Gasteiger partial charge on any atom is 0.107 e. The van der Waals surface area contributed by atoms with Gasteiger partial charge in [-0.3, -0.25) is 0 Å². The predicted molar refractivity (Wildman–Crippen MR) is 64.0 cm³/mol. The van der Waals surface area contributed by atoms with Crippen LogP contribution in [0.25, 0.3) is 0 Å². The standard InChI is InChI=1S/C11H20N2OS/c1-5-12-6-10-13-9(8-15-10)7-14-11(2,3)4/h8,12H,5-7H2,1-4H3. The summed E-state index contributed by atoms with van der Waals surface area (Å²) in [4.78, 5) is 4.48. The smallest absolute Gasteiger partial charge is 0.107 e. The van der Waals surface area contributed by atoms with Gasteiger partial charge in [-0.05, 0) is 27.3 Å². The van der Waals surface area contributed by atoms with E-state index in [1.54, 1.807) is 11.3 Å². The number of hydrogen-bond acceptors (Lipinski definition) is 4. The van der Waals surface area contributed by atoms with Gasteiger partial charge in [0.25, 0.3) is 0 Å². The zero-order chi connectivity index (χ0) is 11.3. The number of rotatable bonds is 5. The lowest BCUT2D eigenvalue weighted by Gasteiger charge is -2.18. The molecule has 1 rings (SSSR count). The molecule has 0 bridgehead atoms. The highest BCUT2D eigenvalue weighted by molar-refractivity contribution is 7.09. The third-order valence-corrected chi connectivity index (χ3v) is 2.68. The lowest BCUT2D eigenvalue weighted by molar-refractivity contribution is -0.0163. The number of ether oxygens (including phenoxy) is 1. The highest BCUT2D eigenvalue weighted by atomic mass is 32.1. The van der Waals surface area contributed by atoms with Crippen LogP contribution in [-0.2, 0) is 17.9 Å². The first-order chi connectivity index (χ1) is 7.01. The van der Waals surface area contributed by atoms with Gasteiger partial charge in [0.05, 0.1) is 17.9 Å². The molecule has 4 heteroatoms. The molecule has 0 unspecified atom stereocenters. The van der Waals surface area contributed by atoms with Gasteiger partial charge in [-0.2, -0.15) is 0 Å². The maximum atomic E-state index is 5.66. The van der Waals surface area contributed by atoms with Crippen LogP contribution in [0.5, 0.6) is 0 Å². The monoisotopic (exact) mass is 228 g/mol. The summed E-state index contributed by atoms with van der Waals surface area (Å²) >= 11 is 1.69. The Bertz CT molecular complexity index is 291. The molecule has 0 aliphatic heterocycles. The molecule has 1 heterocycles. The van der Waals surface area contributed by atoms with Crippen LogP contribution in [0, 0.1) is 0 Å². The van der Waals surface area contributed by atoms with Crippen molar-refractivity contribution in [3.63, 3.8) is 0 Å². The highest BCUT2D eigenvalue weighted by Crippen LogP contribution is 2.14. The summed E-state index contributed by atoms with van der Waals surface area (Å²) < 4.78 is 5.66. The number of hydrogen-bond donors (Lipinski definition) is 1. The van der Waals surface area contributed by atoms with Gasteiger partial charge in [0.2, 0.25) is 0 Å². The third-order valence-electron chi connectivity index (χ3n) is 1.78. The van der Waals surface area contributed by atoms with Crippen LogP contribution in [0.2, 0.25) is 0 Å². The van der Waals surface area contributed by atoms with E-state index in [1.165, 1.54) is 0 Å². The second-order valence-electron chi connectivity index (χ2n) is 4.41. The van der Waals surface area contributed by atoms with Gasteiger partial charge in [0.15, 0.2) is 0 Å². The van der Waals surface area contributed by atoms with E-state index >= 15 is 0 Å². The quantitative estimate of drug-likeness (QED) is 0.841. The second-order valence-corrected chi connectivity index (χ2v) is 5.36. The van der Waals surface area contributed by atoms with Gasteiger partial charge >= 0.3 is 0 Å². The largest absolute Gasteiger partial charge is 0.370 e. The van der Waals surface area contributed by atoms with Crippen molar-refractivity contribution >= 4 is 11.3 Å². The van der Waals surface area contributed by atoms with E-state index in [1.807, 2.05) is 0 Å². The van der Waals surface area contributed by atoms with Crippen LogP contribution in [0.15, 0.2) is 5.38 Å². The molecular formula is C11H20N2OS. The molecule has 0 fully saturated rings. The van der Waals surface area contributed by atoms with Crippen molar-refractivity contribution in [1.29, 1.82) is 0 Å². The van der Waals surface area contributed by atoms with Crippen LogP contribution in [-0.4, -0.2) is 17.1 Å². The van der Waals surface area contributed by atoms with E-state index in [0.29, 0.717) is 6.61 Å². The van der Waals surface area contributed by atoms with E-state index in [9.17, 15) is 0 Å². The zero-order valence-electron chi connectivity index (χ0n) is 9.96. The Kier molecular flexibility index (Phi) is 4.70. The Morgan fingerprint density at radius 2 is 2.20 bits per heavy atom. The van der Waals surface area contributed by atoms with E-state index in [2.05, 4.69) is 43.4 Å². The highest BCUT2D eigenvalue weighted by Gasteiger charge is 2.11. The first-order valence-electron chi connectivity index (χ1n) is 5.29. The molecule has 1 N–H and O–H groups in total. The van der Waals surface area contributed by atoms with Crippen molar-refractivity contribution in [3.05, 3.63) is 16.1 Å². The lowest BCUT2D eigenvalue weighted by Crippen LogP contribution is -2.18. The minimum Gasteiger partial charge on any atom is -0.370 e. The van der Waals surface area contributed by atoms with Crippen molar-refractivity contribution in [2.75, 3.05) is 6.54 Å². The van der Waals surface area contributed by atoms with Gasteiger partial charge < -0.3 is 10.1 Å². The average Bonchev–Trinajstić information content (AvgIpc) is 2.58. The first-order valence-corrected chi connectivity index (χ1v) is 6.17. The topological polar surface area (TPSA) is 34.2 Å². The average molecular weight is 228 g/mol. The number of nitrogens with one attached hydrogen (secondary N) is 1. The van der Waals surface area contributed by atoms with Crippen molar-refractivity contribution in [1.82, 2.24) is 10.3 Å². The Morgan fingerprint density at radius 1 is 1.47 bits per heavy atom. The number of nitrogens with zero attached hydrogens (tertiary/aromatic N) is 1. The zero-order valence-corrected chi connectivity index (χ0v) is 10.8. The Labute approximate surface area is 95.9 Å². The summed E-state index contributed by atoms with van der Waals surface area (Å²) in [6.07, 6.45) is 0. The predicted octanol–water partition coefficient (Wildman–Crippen LogP) is 2.57. The van der Waals surface area contributed by atoms with E-state index in [-0.39, 0.29) is 5.60 Å². The normalized spacial score (nSPS) is 12.0. The molecule has 0 atom stereocenters.